The van der Waals surface area contributed by atoms with Crippen molar-refractivity contribution in [2.24, 2.45) is 0 Å². The first kappa shape index (κ1) is 9.65. The highest BCUT2D eigenvalue weighted by molar-refractivity contribution is 5.94. The number of fused-ring (bicyclic) bond motifs is 1. The number of hydrogen-bond acceptors (Lipinski definition) is 3. The molecule has 78 valence electrons. The maximum atomic E-state index is 9.66. The molecule has 15 heavy (non-hydrogen) atoms. The van der Waals surface area contributed by atoms with Crippen LogP contribution in [0.1, 0.15) is 0 Å². The number of hydrogen-bond donors (Lipinski definition) is 1. The molecule has 0 saturated carbocycles. The van der Waals surface area contributed by atoms with Gasteiger partial charge in [0, 0.05) is 10.8 Å². The monoisotopic (exact) mass is 204 g/mol. The van der Waals surface area contributed by atoms with E-state index in [0.29, 0.717) is 11.5 Å². The lowest BCUT2D eigenvalue weighted by atomic mass is 10.1. The van der Waals surface area contributed by atoms with E-state index in [2.05, 4.69) is 0 Å². The zero-order chi connectivity index (χ0) is 10.8. The Morgan fingerprint density at radius 2 is 1.73 bits per heavy atom. The molecule has 0 aliphatic carbocycles. The zero-order valence-electron chi connectivity index (χ0n) is 8.65. The summed E-state index contributed by atoms with van der Waals surface area (Å²) in [4.78, 5) is 0. The van der Waals surface area contributed by atoms with E-state index in [9.17, 15) is 5.11 Å². The molecule has 2 aromatic rings. The van der Waals surface area contributed by atoms with Crippen LogP contribution in [-0.2, 0) is 0 Å². The van der Waals surface area contributed by atoms with Gasteiger partial charge in [0.1, 0.15) is 5.75 Å². The van der Waals surface area contributed by atoms with Crippen LogP contribution in [0.25, 0.3) is 10.8 Å². The number of phenols is 1. The molecule has 0 fully saturated rings. The summed E-state index contributed by atoms with van der Waals surface area (Å²) in [6.45, 7) is 0. The second-order valence-electron chi connectivity index (χ2n) is 3.17. The van der Waals surface area contributed by atoms with Crippen molar-refractivity contribution in [2.45, 2.75) is 0 Å². The van der Waals surface area contributed by atoms with Crippen LogP contribution in [0.5, 0.6) is 17.2 Å². The van der Waals surface area contributed by atoms with Crippen molar-refractivity contribution in [3.8, 4) is 17.2 Å². The van der Waals surface area contributed by atoms with Crippen molar-refractivity contribution >= 4 is 10.8 Å². The smallest absolute Gasteiger partial charge is 0.168 e. The van der Waals surface area contributed by atoms with E-state index in [0.717, 1.165) is 10.8 Å². The summed E-state index contributed by atoms with van der Waals surface area (Å²) in [7, 11) is 3.17. The van der Waals surface area contributed by atoms with Crippen LogP contribution >= 0.6 is 0 Å². The number of aromatic hydroxyl groups is 1. The molecule has 0 amide bonds. The van der Waals surface area contributed by atoms with Gasteiger partial charge >= 0.3 is 0 Å². The molecule has 0 aliphatic rings. The largest absolute Gasteiger partial charge is 0.507 e. The summed E-state index contributed by atoms with van der Waals surface area (Å²) in [5.74, 6) is 1.55. The van der Waals surface area contributed by atoms with E-state index in [-0.39, 0.29) is 5.75 Å². The molecule has 0 spiro atoms. The third kappa shape index (κ3) is 1.46. The van der Waals surface area contributed by atoms with Gasteiger partial charge in [-0.25, -0.2) is 0 Å². The molecule has 1 N–H and O–H groups in total. The van der Waals surface area contributed by atoms with Crippen molar-refractivity contribution in [1.29, 1.82) is 0 Å². The summed E-state index contributed by atoms with van der Waals surface area (Å²) in [6.07, 6.45) is 0. The molecule has 0 saturated heterocycles. The normalized spacial score (nSPS) is 10.3. The average molecular weight is 204 g/mol. The van der Waals surface area contributed by atoms with Crippen molar-refractivity contribution in [1.82, 2.24) is 0 Å². The van der Waals surface area contributed by atoms with Crippen LogP contribution in [-0.4, -0.2) is 19.3 Å². The van der Waals surface area contributed by atoms with Crippen LogP contribution in [0.4, 0.5) is 0 Å². The van der Waals surface area contributed by atoms with Crippen LogP contribution in [0, 0.1) is 0 Å². The summed E-state index contributed by atoms with van der Waals surface area (Å²) < 4.78 is 10.4. The average Bonchev–Trinajstić information content (AvgIpc) is 2.28. The minimum atomic E-state index is 0.244. The summed E-state index contributed by atoms with van der Waals surface area (Å²) in [5.41, 5.74) is 0. The lowest BCUT2D eigenvalue weighted by Gasteiger charge is -2.10. The fourth-order valence-corrected chi connectivity index (χ4v) is 1.66. The molecule has 2 aromatic carbocycles. The molecule has 0 unspecified atom stereocenters. The van der Waals surface area contributed by atoms with Gasteiger partial charge in [0.15, 0.2) is 11.5 Å². The quantitative estimate of drug-likeness (QED) is 0.817. The molecular weight excluding hydrogens is 192 g/mol. The number of benzene rings is 2. The Balaban J connectivity index is 2.82. The number of ether oxygens (including phenoxy) is 2. The first-order valence-corrected chi connectivity index (χ1v) is 4.60. The van der Waals surface area contributed by atoms with Crippen molar-refractivity contribution in [3.63, 3.8) is 0 Å². The molecule has 0 bridgehead atoms. The van der Waals surface area contributed by atoms with Gasteiger partial charge in [-0.3, -0.25) is 0 Å². The van der Waals surface area contributed by atoms with Crippen LogP contribution in [0.3, 0.4) is 0 Å². The van der Waals surface area contributed by atoms with Gasteiger partial charge in [0.05, 0.1) is 14.2 Å². The van der Waals surface area contributed by atoms with Gasteiger partial charge < -0.3 is 14.6 Å². The lowest BCUT2D eigenvalue weighted by Crippen LogP contribution is -1.91. The van der Waals surface area contributed by atoms with E-state index in [1.807, 2.05) is 12.1 Å². The summed E-state index contributed by atoms with van der Waals surface area (Å²) in [6, 6.07) is 8.90. The maximum Gasteiger partial charge on any atom is 0.168 e. The fourth-order valence-electron chi connectivity index (χ4n) is 1.66. The molecule has 2 rings (SSSR count). The molecule has 3 nitrogen and oxygen atoms in total. The highest BCUT2D eigenvalue weighted by Gasteiger charge is 2.09. The predicted molar refractivity (Wildman–Crippen MR) is 58.7 cm³/mol. The first-order valence-electron chi connectivity index (χ1n) is 4.60. The molecule has 3 heteroatoms. The Kier molecular flexibility index (Phi) is 2.37. The van der Waals surface area contributed by atoms with Gasteiger partial charge in [0.2, 0.25) is 0 Å². The summed E-state index contributed by atoms with van der Waals surface area (Å²) in [5, 5.41) is 11.3. The number of phenolic OH excluding ortho intramolecular Hbond substituents is 1. The molecule has 0 radical (unpaired) electrons. The number of rotatable bonds is 2. The van der Waals surface area contributed by atoms with Gasteiger partial charge in [-0.15, -0.1) is 0 Å². The Labute approximate surface area is 87.9 Å². The molecule has 0 atom stereocenters. The Morgan fingerprint density at radius 3 is 2.40 bits per heavy atom. The third-order valence-corrected chi connectivity index (χ3v) is 2.38. The van der Waals surface area contributed by atoms with Gasteiger partial charge in [-0.1, -0.05) is 12.1 Å². The predicted octanol–water partition coefficient (Wildman–Crippen LogP) is 2.56. The molecular formula is C12H12O3. The third-order valence-electron chi connectivity index (χ3n) is 2.38. The van der Waals surface area contributed by atoms with Crippen LogP contribution < -0.4 is 9.47 Å². The SMILES string of the molecule is COc1ccc2c(O)cccc2c1OC. The zero-order valence-corrected chi connectivity index (χ0v) is 8.65. The van der Waals surface area contributed by atoms with Crippen molar-refractivity contribution in [3.05, 3.63) is 30.3 Å². The first-order chi connectivity index (χ1) is 7.27. The highest BCUT2D eigenvalue weighted by Crippen LogP contribution is 2.38. The molecule has 0 heterocycles. The number of methoxy groups -OCH3 is 2. The van der Waals surface area contributed by atoms with E-state index < -0.39 is 0 Å². The minimum Gasteiger partial charge on any atom is -0.507 e. The van der Waals surface area contributed by atoms with Crippen molar-refractivity contribution in [2.75, 3.05) is 14.2 Å². The van der Waals surface area contributed by atoms with Crippen LogP contribution in [0.2, 0.25) is 0 Å². The Morgan fingerprint density at radius 1 is 0.933 bits per heavy atom. The van der Waals surface area contributed by atoms with E-state index >= 15 is 0 Å². The van der Waals surface area contributed by atoms with Gasteiger partial charge in [-0.2, -0.15) is 0 Å². The maximum absolute atomic E-state index is 9.66. The van der Waals surface area contributed by atoms with Crippen LogP contribution in [0.15, 0.2) is 30.3 Å². The highest BCUT2D eigenvalue weighted by atomic mass is 16.5. The Bertz CT molecular complexity index is 491. The topological polar surface area (TPSA) is 38.7 Å². The molecule has 0 aliphatic heterocycles. The minimum absolute atomic E-state index is 0.244. The standard InChI is InChI=1S/C12H12O3/c1-14-11-7-6-8-9(12(11)15-2)4-3-5-10(8)13/h3-7,13H,1-2H3. The van der Waals surface area contributed by atoms with E-state index in [1.54, 1.807) is 32.4 Å². The van der Waals surface area contributed by atoms with Gasteiger partial charge in [-0.05, 0) is 18.2 Å². The van der Waals surface area contributed by atoms with E-state index in [4.69, 9.17) is 9.47 Å². The van der Waals surface area contributed by atoms with Gasteiger partial charge in [0.25, 0.3) is 0 Å². The summed E-state index contributed by atoms with van der Waals surface area (Å²) >= 11 is 0. The fraction of sp³-hybridized carbons (Fsp3) is 0.167. The Hall–Kier alpha value is -1.90. The van der Waals surface area contributed by atoms with E-state index in [1.165, 1.54) is 0 Å². The molecule has 0 aromatic heterocycles. The van der Waals surface area contributed by atoms with Crippen molar-refractivity contribution < 1.29 is 14.6 Å². The lowest BCUT2D eigenvalue weighted by molar-refractivity contribution is 0.358. The second kappa shape index (κ2) is 3.69. The second-order valence-corrected chi connectivity index (χ2v) is 3.17.